The smallest absolute Gasteiger partial charge is 0.0968 e. The Kier molecular flexibility index (Phi) is 7.69. The first-order chi connectivity index (χ1) is 21.1. The highest BCUT2D eigenvalue weighted by molar-refractivity contribution is 5.96. The molecule has 218 valence electrons. The molecule has 0 saturated heterocycles. The maximum atomic E-state index is 5.27. The van der Waals surface area contributed by atoms with Crippen molar-refractivity contribution in [3.8, 4) is 56.2 Å². The summed E-state index contributed by atoms with van der Waals surface area (Å²) in [5.41, 5.74) is 12.2. The maximum Gasteiger partial charge on any atom is 0.0968 e. The molecule has 0 radical (unpaired) electrons. The molecular weight excluding hydrogens is 536 g/mol. The number of hydrogen-bond acceptors (Lipinski definition) is 4. The van der Waals surface area contributed by atoms with Crippen molar-refractivity contribution in [2.24, 2.45) is 0 Å². The van der Waals surface area contributed by atoms with Gasteiger partial charge >= 0.3 is 0 Å². The van der Waals surface area contributed by atoms with E-state index in [1.165, 1.54) is 11.1 Å². The molecule has 4 heteroatoms. The first-order valence-electron chi connectivity index (χ1n) is 15.1. The molecule has 4 nitrogen and oxygen atoms in total. The Morgan fingerprint density at radius 1 is 0.432 bits per heavy atom. The summed E-state index contributed by atoms with van der Waals surface area (Å²) in [6, 6.07) is 33.5. The van der Waals surface area contributed by atoms with Crippen LogP contribution in [0.2, 0.25) is 0 Å². The van der Waals surface area contributed by atoms with Crippen LogP contribution in [0.3, 0.4) is 0 Å². The van der Waals surface area contributed by atoms with Gasteiger partial charge in [-0.15, -0.1) is 0 Å². The highest BCUT2D eigenvalue weighted by Crippen LogP contribution is 2.48. The molecule has 0 atom stereocenters. The predicted molar refractivity (Wildman–Crippen MR) is 182 cm³/mol. The van der Waals surface area contributed by atoms with Gasteiger partial charge in [0.25, 0.3) is 0 Å². The Morgan fingerprint density at radius 2 is 0.955 bits per heavy atom. The van der Waals surface area contributed by atoms with Gasteiger partial charge in [0.15, 0.2) is 0 Å². The molecule has 2 aromatic carbocycles. The van der Waals surface area contributed by atoms with Crippen molar-refractivity contribution in [3.63, 3.8) is 0 Å². The normalized spacial score (nSPS) is 11.9. The molecule has 0 spiro atoms. The van der Waals surface area contributed by atoms with E-state index < -0.39 is 0 Å². The third-order valence-corrected chi connectivity index (χ3v) is 7.99. The summed E-state index contributed by atoms with van der Waals surface area (Å²) in [7, 11) is 0. The fourth-order valence-corrected chi connectivity index (χ4v) is 5.89. The lowest BCUT2D eigenvalue weighted by atomic mass is 9.75. The monoisotopic (exact) mass is 574 g/mol. The zero-order valence-electron chi connectivity index (χ0n) is 26.3. The van der Waals surface area contributed by atoms with Crippen LogP contribution < -0.4 is 0 Å². The van der Waals surface area contributed by atoms with Crippen LogP contribution in [-0.4, -0.2) is 19.9 Å². The molecule has 0 N–H and O–H groups in total. The molecule has 0 bridgehead atoms. The Labute approximate surface area is 261 Å². The quantitative estimate of drug-likeness (QED) is 0.206. The molecule has 6 aromatic rings. The zero-order valence-corrected chi connectivity index (χ0v) is 26.3. The second-order valence-electron chi connectivity index (χ2n) is 13.2. The van der Waals surface area contributed by atoms with Crippen molar-refractivity contribution in [2.75, 3.05) is 0 Å². The molecular formula is C40H38N4. The van der Waals surface area contributed by atoms with Crippen LogP contribution in [0.1, 0.15) is 52.7 Å². The van der Waals surface area contributed by atoms with E-state index >= 15 is 0 Å². The molecule has 44 heavy (non-hydrogen) atoms. The number of aromatic nitrogens is 4. The lowest BCUT2D eigenvalue weighted by Crippen LogP contribution is -2.17. The molecule has 4 heterocycles. The minimum Gasteiger partial charge on any atom is -0.256 e. The minimum absolute atomic E-state index is 0.0296. The summed E-state index contributed by atoms with van der Waals surface area (Å²) in [5, 5.41) is 0. The second-order valence-corrected chi connectivity index (χ2v) is 13.2. The standard InChI is InChI=1S/C40H38N4/c1-39(2,3)27-21-24-43-35(25-27)38-36(31-18-10-9-17-30(31)34-20-12-14-23-42-34)37(40(4,5)6)32(26-44-38)28-15-7-8-16-29(28)33-19-11-13-22-41-33/h7-26H,1-6H3. The van der Waals surface area contributed by atoms with Crippen LogP contribution in [0.25, 0.3) is 56.2 Å². The highest BCUT2D eigenvalue weighted by Gasteiger charge is 2.30. The SMILES string of the molecule is CC(C)(C)c1ccnc(-c2ncc(-c3ccccc3-c3ccccn3)c(C(C)(C)C)c2-c2ccccc2-c2ccccn2)c1. The lowest BCUT2D eigenvalue weighted by Gasteiger charge is -2.30. The van der Waals surface area contributed by atoms with Crippen molar-refractivity contribution in [2.45, 2.75) is 52.4 Å². The van der Waals surface area contributed by atoms with E-state index in [0.717, 1.165) is 56.2 Å². The summed E-state index contributed by atoms with van der Waals surface area (Å²) < 4.78 is 0. The summed E-state index contributed by atoms with van der Waals surface area (Å²) >= 11 is 0. The fraction of sp³-hybridized carbons (Fsp3) is 0.200. The first-order valence-corrected chi connectivity index (χ1v) is 15.1. The average Bonchev–Trinajstić information content (AvgIpc) is 3.04. The van der Waals surface area contributed by atoms with Crippen molar-refractivity contribution >= 4 is 0 Å². The van der Waals surface area contributed by atoms with Crippen LogP contribution in [0.5, 0.6) is 0 Å². The number of nitrogens with zero attached hydrogens (tertiary/aromatic N) is 4. The molecule has 0 saturated carbocycles. The van der Waals surface area contributed by atoms with Gasteiger partial charge in [0.2, 0.25) is 0 Å². The topological polar surface area (TPSA) is 51.6 Å². The van der Waals surface area contributed by atoms with Crippen molar-refractivity contribution in [1.82, 2.24) is 19.9 Å². The Morgan fingerprint density at radius 3 is 1.50 bits per heavy atom. The van der Waals surface area contributed by atoms with E-state index in [4.69, 9.17) is 19.9 Å². The van der Waals surface area contributed by atoms with Gasteiger partial charge in [0.05, 0.1) is 22.8 Å². The molecule has 0 aliphatic carbocycles. The third-order valence-electron chi connectivity index (χ3n) is 7.99. The lowest BCUT2D eigenvalue weighted by molar-refractivity contribution is 0.589. The third kappa shape index (κ3) is 5.68. The van der Waals surface area contributed by atoms with Gasteiger partial charge in [-0.25, -0.2) is 0 Å². The Hall–Kier alpha value is -4.96. The van der Waals surface area contributed by atoms with E-state index in [-0.39, 0.29) is 10.8 Å². The van der Waals surface area contributed by atoms with E-state index in [0.29, 0.717) is 0 Å². The van der Waals surface area contributed by atoms with Gasteiger partial charge in [0.1, 0.15) is 0 Å². The van der Waals surface area contributed by atoms with Crippen molar-refractivity contribution < 1.29 is 0 Å². The van der Waals surface area contributed by atoms with Crippen LogP contribution in [-0.2, 0) is 10.8 Å². The number of rotatable bonds is 5. The molecule has 0 fully saturated rings. The Bertz CT molecular complexity index is 1910. The summed E-state index contributed by atoms with van der Waals surface area (Å²) in [6.45, 7) is 13.5. The minimum atomic E-state index is -0.252. The molecule has 6 rings (SSSR count). The second kappa shape index (κ2) is 11.6. The maximum absolute atomic E-state index is 5.27. The van der Waals surface area contributed by atoms with E-state index in [2.05, 4.69) is 114 Å². The fourth-order valence-electron chi connectivity index (χ4n) is 5.89. The Balaban J connectivity index is 1.74. The molecule has 0 aliphatic rings. The molecule has 4 aromatic heterocycles. The van der Waals surface area contributed by atoms with Gasteiger partial charge in [-0.05, 0) is 69.5 Å². The molecule has 0 aliphatic heterocycles. The summed E-state index contributed by atoms with van der Waals surface area (Å²) in [5.74, 6) is 0. The number of hydrogen-bond donors (Lipinski definition) is 0. The van der Waals surface area contributed by atoms with Crippen molar-refractivity contribution in [3.05, 3.63) is 133 Å². The predicted octanol–water partition coefficient (Wildman–Crippen LogP) is 10.2. The van der Waals surface area contributed by atoms with Crippen LogP contribution >= 0.6 is 0 Å². The average molecular weight is 575 g/mol. The highest BCUT2D eigenvalue weighted by atomic mass is 14.8. The number of benzene rings is 2. The zero-order chi connectivity index (χ0) is 30.9. The van der Waals surface area contributed by atoms with Gasteiger partial charge in [0, 0.05) is 47.0 Å². The van der Waals surface area contributed by atoms with E-state index in [1.54, 1.807) is 0 Å². The molecule has 0 unspecified atom stereocenters. The van der Waals surface area contributed by atoms with Crippen LogP contribution in [0.15, 0.2) is 122 Å². The van der Waals surface area contributed by atoms with Crippen molar-refractivity contribution in [1.29, 1.82) is 0 Å². The summed E-state index contributed by atoms with van der Waals surface area (Å²) in [4.78, 5) is 19.7. The summed E-state index contributed by atoms with van der Waals surface area (Å²) in [6.07, 6.45) is 7.65. The molecule has 0 amide bonds. The van der Waals surface area contributed by atoms with E-state index in [9.17, 15) is 0 Å². The first kappa shape index (κ1) is 29.1. The number of pyridine rings is 4. The largest absolute Gasteiger partial charge is 0.256 e. The van der Waals surface area contributed by atoms with Gasteiger partial charge in [-0.1, -0.05) is 102 Å². The van der Waals surface area contributed by atoms with Crippen LogP contribution in [0.4, 0.5) is 0 Å². The van der Waals surface area contributed by atoms with Gasteiger partial charge in [-0.2, -0.15) is 0 Å². The van der Waals surface area contributed by atoms with Gasteiger partial charge < -0.3 is 0 Å². The van der Waals surface area contributed by atoms with Crippen LogP contribution in [0, 0.1) is 0 Å². The van der Waals surface area contributed by atoms with E-state index in [1.807, 2.05) is 49.1 Å². The van der Waals surface area contributed by atoms with Gasteiger partial charge in [-0.3, -0.25) is 19.9 Å².